The predicted octanol–water partition coefficient (Wildman–Crippen LogP) is 2.16. The first-order chi connectivity index (χ1) is 8.28. The molecule has 0 saturated carbocycles. The molecule has 2 N–H and O–H groups in total. The first-order valence-corrected chi connectivity index (χ1v) is 7.23. The Morgan fingerprint density at radius 1 is 1.44 bits per heavy atom. The number of hydrogen-bond donors (Lipinski definition) is 1. The van der Waals surface area contributed by atoms with Crippen molar-refractivity contribution in [3.05, 3.63) is 35.9 Å². The lowest BCUT2D eigenvalue weighted by molar-refractivity contribution is 0.452. The number of nitrogens with zero attached hydrogens (tertiary/aromatic N) is 1. The van der Waals surface area contributed by atoms with Crippen LogP contribution in [0, 0.1) is 6.92 Å². The van der Waals surface area contributed by atoms with Crippen LogP contribution in [0.15, 0.2) is 35.2 Å². The molecule has 0 aliphatic heterocycles. The van der Waals surface area contributed by atoms with E-state index in [-0.39, 0.29) is 0 Å². The molecule has 0 aliphatic carbocycles. The van der Waals surface area contributed by atoms with E-state index in [1.807, 2.05) is 13.8 Å². The standard InChI is InChI=1S/C13H20N2O2S/c1-5-15(9-10(2)3)18(16,17)13-7-6-12(14)8-11(13)4/h6-8H,2,5,9,14H2,1,3-4H3. The number of anilines is 1. The molecule has 1 aromatic rings. The number of rotatable bonds is 5. The highest BCUT2D eigenvalue weighted by Gasteiger charge is 2.24. The van der Waals surface area contributed by atoms with E-state index in [4.69, 9.17) is 5.73 Å². The van der Waals surface area contributed by atoms with Crippen molar-refractivity contribution in [3.63, 3.8) is 0 Å². The minimum absolute atomic E-state index is 0.305. The van der Waals surface area contributed by atoms with Crippen molar-refractivity contribution in [1.82, 2.24) is 4.31 Å². The summed E-state index contributed by atoms with van der Waals surface area (Å²) in [6.07, 6.45) is 0. The number of benzene rings is 1. The topological polar surface area (TPSA) is 63.4 Å². The van der Waals surface area contributed by atoms with Gasteiger partial charge in [0, 0.05) is 18.8 Å². The van der Waals surface area contributed by atoms with Crippen LogP contribution in [0.2, 0.25) is 0 Å². The molecule has 1 aromatic carbocycles. The molecule has 0 fully saturated rings. The molecule has 0 bridgehead atoms. The number of sulfonamides is 1. The highest BCUT2D eigenvalue weighted by molar-refractivity contribution is 7.89. The third kappa shape index (κ3) is 3.11. The Bertz CT molecular complexity index is 550. The van der Waals surface area contributed by atoms with Crippen molar-refractivity contribution < 1.29 is 8.42 Å². The van der Waals surface area contributed by atoms with Crippen LogP contribution in [-0.2, 0) is 10.0 Å². The fraction of sp³-hybridized carbons (Fsp3) is 0.385. The summed E-state index contributed by atoms with van der Waals surface area (Å²) in [6.45, 7) is 9.89. The molecule has 0 saturated heterocycles. The monoisotopic (exact) mass is 268 g/mol. The summed E-state index contributed by atoms with van der Waals surface area (Å²) in [7, 11) is -3.48. The van der Waals surface area contributed by atoms with E-state index in [2.05, 4.69) is 6.58 Å². The van der Waals surface area contributed by atoms with Crippen LogP contribution < -0.4 is 5.73 Å². The molecule has 0 atom stereocenters. The van der Waals surface area contributed by atoms with Gasteiger partial charge in [0.1, 0.15) is 0 Å². The fourth-order valence-corrected chi connectivity index (χ4v) is 3.48. The van der Waals surface area contributed by atoms with Crippen LogP contribution in [0.4, 0.5) is 5.69 Å². The predicted molar refractivity (Wildman–Crippen MR) is 74.8 cm³/mol. The van der Waals surface area contributed by atoms with Gasteiger partial charge in [-0.25, -0.2) is 8.42 Å². The number of aryl methyl sites for hydroxylation is 1. The van der Waals surface area contributed by atoms with Gasteiger partial charge in [-0.2, -0.15) is 4.31 Å². The van der Waals surface area contributed by atoms with Crippen LogP contribution in [-0.4, -0.2) is 25.8 Å². The van der Waals surface area contributed by atoms with Crippen LogP contribution in [0.25, 0.3) is 0 Å². The molecule has 0 radical (unpaired) electrons. The van der Waals surface area contributed by atoms with E-state index >= 15 is 0 Å². The highest BCUT2D eigenvalue weighted by Crippen LogP contribution is 2.22. The Kier molecular flexibility index (Phi) is 4.53. The summed E-state index contributed by atoms with van der Waals surface area (Å²) in [6, 6.07) is 4.83. The molecule has 18 heavy (non-hydrogen) atoms. The van der Waals surface area contributed by atoms with Crippen LogP contribution in [0.1, 0.15) is 19.4 Å². The molecule has 5 heteroatoms. The molecular formula is C13H20N2O2S. The summed E-state index contributed by atoms with van der Waals surface area (Å²) in [5.74, 6) is 0. The zero-order chi connectivity index (χ0) is 13.9. The quantitative estimate of drug-likeness (QED) is 0.657. The first kappa shape index (κ1) is 14.7. The smallest absolute Gasteiger partial charge is 0.243 e. The maximum Gasteiger partial charge on any atom is 0.243 e. The number of nitrogen functional groups attached to an aromatic ring is 1. The lowest BCUT2D eigenvalue weighted by Crippen LogP contribution is -2.32. The average molecular weight is 268 g/mol. The largest absolute Gasteiger partial charge is 0.399 e. The molecular weight excluding hydrogens is 248 g/mol. The summed E-state index contributed by atoms with van der Waals surface area (Å²) in [5.41, 5.74) is 7.68. The second kappa shape index (κ2) is 5.54. The summed E-state index contributed by atoms with van der Waals surface area (Å²) in [4.78, 5) is 0.305. The van der Waals surface area contributed by atoms with Crippen molar-refractivity contribution in [2.75, 3.05) is 18.8 Å². The first-order valence-electron chi connectivity index (χ1n) is 5.79. The van der Waals surface area contributed by atoms with Gasteiger partial charge in [0.15, 0.2) is 0 Å². The number of nitrogens with two attached hydrogens (primary N) is 1. The van der Waals surface area contributed by atoms with Gasteiger partial charge in [-0.05, 0) is 37.6 Å². The van der Waals surface area contributed by atoms with E-state index < -0.39 is 10.0 Å². The minimum Gasteiger partial charge on any atom is -0.399 e. The van der Waals surface area contributed by atoms with Gasteiger partial charge >= 0.3 is 0 Å². The van der Waals surface area contributed by atoms with E-state index in [0.717, 1.165) is 5.57 Å². The lowest BCUT2D eigenvalue weighted by Gasteiger charge is -2.21. The van der Waals surface area contributed by atoms with Crippen molar-refractivity contribution >= 4 is 15.7 Å². The van der Waals surface area contributed by atoms with E-state index in [0.29, 0.717) is 29.2 Å². The van der Waals surface area contributed by atoms with Crippen molar-refractivity contribution in [2.24, 2.45) is 0 Å². The molecule has 4 nitrogen and oxygen atoms in total. The molecule has 0 aliphatic rings. The van der Waals surface area contributed by atoms with Crippen LogP contribution in [0.5, 0.6) is 0 Å². The number of hydrogen-bond acceptors (Lipinski definition) is 3. The molecule has 0 aromatic heterocycles. The van der Waals surface area contributed by atoms with Gasteiger partial charge in [0.2, 0.25) is 10.0 Å². The van der Waals surface area contributed by atoms with Crippen LogP contribution >= 0.6 is 0 Å². The van der Waals surface area contributed by atoms with E-state index in [9.17, 15) is 8.42 Å². The summed E-state index contributed by atoms with van der Waals surface area (Å²) < 4.78 is 26.4. The normalized spacial score (nSPS) is 11.8. The SMILES string of the molecule is C=C(C)CN(CC)S(=O)(=O)c1ccc(N)cc1C. The lowest BCUT2D eigenvalue weighted by atomic mass is 10.2. The van der Waals surface area contributed by atoms with Gasteiger partial charge in [0.25, 0.3) is 0 Å². The van der Waals surface area contributed by atoms with Crippen molar-refractivity contribution in [1.29, 1.82) is 0 Å². The third-order valence-electron chi connectivity index (χ3n) is 2.62. The molecule has 100 valence electrons. The summed E-state index contributed by atoms with van der Waals surface area (Å²) >= 11 is 0. The maximum atomic E-state index is 12.5. The Balaban J connectivity index is 3.23. The Hall–Kier alpha value is -1.33. The van der Waals surface area contributed by atoms with Crippen molar-refractivity contribution in [2.45, 2.75) is 25.7 Å². The van der Waals surface area contributed by atoms with E-state index in [1.165, 1.54) is 4.31 Å². The molecule has 1 rings (SSSR count). The fourth-order valence-electron chi connectivity index (χ4n) is 1.77. The minimum atomic E-state index is -3.48. The maximum absolute atomic E-state index is 12.5. The molecule has 0 amide bonds. The molecule has 0 unspecified atom stereocenters. The molecule has 0 heterocycles. The van der Waals surface area contributed by atoms with E-state index in [1.54, 1.807) is 25.1 Å². The second-order valence-electron chi connectivity index (χ2n) is 4.41. The molecule has 0 spiro atoms. The highest BCUT2D eigenvalue weighted by atomic mass is 32.2. The van der Waals surface area contributed by atoms with Gasteiger partial charge in [-0.15, -0.1) is 0 Å². The Morgan fingerprint density at radius 2 is 2.06 bits per heavy atom. The van der Waals surface area contributed by atoms with Crippen molar-refractivity contribution in [3.8, 4) is 0 Å². The van der Waals surface area contributed by atoms with Gasteiger partial charge in [-0.3, -0.25) is 0 Å². The third-order valence-corrected chi connectivity index (χ3v) is 4.70. The summed E-state index contributed by atoms with van der Waals surface area (Å²) in [5, 5.41) is 0. The Morgan fingerprint density at radius 3 is 2.50 bits per heavy atom. The Labute approximate surface area is 109 Å². The number of likely N-dealkylation sites (N-methyl/N-ethyl adjacent to an activating group) is 1. The zero-order valence-electron chi connectivity index (χ0n) is 11.1. The second-order valence-corrected chi connectivity index (χ2v) is 6.32. The zero-order valence-corrected chi connectivity index (χ0v) is 11.9. The van der Waals surface area contributed by atoms with Gasteiger partial charge in [0.05, 0.1) is 4.90 Å². The van der Waals surface area contributed by atoms with Gasteiger partial charge < -0.3 is 5.73 Å². The van der Waals surface area contributed by atoms with Gasteiger partial charge in [-0.1, -0.05) is 19.1 Å². The van der Waals surface area contributed by atoms with Crippen LogP contribution in [0.3, 0.4) is 0 Å². The average Bonchev–Trinajstić information content (AvgIpc) is 2.24.